The van der Waals surface area contributed by atoms with Crippen LogP contribution in [-0.2, 0) is 15.9 Å². The van der Waals surface area contributed by atoms with Crippen molar-refractivity contribution in [2.45, 2.75) is 12.7 Å². The number of phenolic OH excluding ortho intramolecular Hbond substituents is 1. The Morgan fingerprint density at radius 3 is 2.61 bits per heavy atom. The maximum absolute atomic E-state index is 11.1. The lowest BCUT2D eigenvalue weighted by Gasteiger charge is -2.15. The fourth-order valence-corrected chi connectivity index (χ4v) is 1.84. The van der Waals surface area contributed by atoms with E-state index in [2.05, 4.69) is 0 Å². The molecule has 2 aromatic rings. The number of hydrogen-bond acceptors (Lipinski definition) is 5. The van der Waals surface area contributed by atoms with E-state index >= 15 is 0 Å². The van der Waals surface area contributed by atoms with E-state index in [0.29, 0.717) is 23.0 Å². The van der Waals surface area contributed by atoms with Crippen LogP contribution in [0, 0.1) is 0 Å². The third-order valence-corrected chi connectivity index (χ3v) is 2.79. The summed E-state index contributed by atoms with van der Waals surface area (Å²) in [5.74, 6) is 0.121. The van der Waals surface area contributed by atoms with E-state index in [1.807, 2.05) is 0 Å². The zero-order valence-corrected chi connectivity index (χ0v) is 10.2. The molecule has 5 nitrogen and oxygen atoms in total. The average Bonchev–Trinajstić information content (AvgIpc) is 2.38. The fraction of sp³-hybridized carbons (Fsp3) is 0.308. The first-order valence-electron chi connectivity index (χ1n) is 5.46. The molecule has 0 amide bonds. The molecule has 0 aliphatic carbocycles. The van der Waals surface area contributed by atoms with Crippen molar-refractivity contribution < 1.29 is 19.0 Å². The van der Waals surface area contributed by atoms with Crippen molar-refractivity contribution in [1.82, 2.24) is 0 Å². The topological polar surface area (TPSA) is 68.9 Å². The first kappa shape index (κ1) is 12.6. The lowest BCUT2D eigenvalue weighted by atomic mass is 10.0. The summed E-state index contributed by atoms with van der Waals surface area (Å²) < 4.78 is 15.3. The van der Waals surface area contributed by atoms with Crippen LogP contribution in [0.1, 0.15) is 5.56 Å². The van der Waals surface area contributed by atoms with Gasteiger partial charge in [0.05, 0.1) is 0 Å². The van der Waals surface area contributed by atoms with Gasteiger partial charge in [-0.3, -0.25) is 0 Å². The van der Waals surface area contributed by atoms with Crippen molar-refractivity contribution in [3.05, 3.63) is 40.2 Å². The van der Waals surface area contributed by atoms with Gasteiger partial charge in [0.15, 0.2) is 6.29 Å². The smallest absolute Gasteiger partial charge is 0.336 e. The Labute approximate surface area is 104 Å². The second-order valence-electron chi connectivity index (χ2n) is 3.83. The Hall–Kier alpha value is -1.85. The lowest BCUT2D eigenvalue weighted by Crippen LogP contribution is -2.16. The molecule has 5 heteroatoms. The largest absolute Gasteiger partial charge is 0.508 e. The highest BCUT2D eigenvalue weighted by Gasteiger charge is 2.14. The van der Waals surface area contributed by atoms with Crippen LogP contribution < -0.4 is 5.63 Å². The van der Waals surface area contributed by atoms with Crippen molar-refractivity contribution in [3.8, 4) is 5.75 Å². The minimum Gasteiger partial charge on any atom is -0.508 e. The predicted octanol–water partition coefficient (Wildman–Crippen LogP) is 1.66. The highest BCUT2D eigenvalue weighted by Crippen LogP contribution is 2.27. The fourth-order valence-electron chi connectivity index (χ4n) is 1.84. The normalized spacial score (nSPS) is 11.3. The minimum absolute atomic E-state index is 0.121. The van der Waals surface area contributed by atoms with Gasteiger partial charge in [0.2, 0.25) is 0 Å². The van der Waals surface area contributed by atoms with Crippen molar-refractivity contribution in [2.24, 2.45) is 0 Å². The SMILES string of the molecule is COC(Cc1c(O)ccc2oc(=O)ccc12)OC. The molecular weight excluding hydrogens is 236 g/mol. The van der Waals surface area contributed by atoms with Crippen LogP contribution >= 0.6 is 0 Å². The molecule has 1 heterocycles. The first-order chi connectivity index (χ1) is 8.65. The number of phenols is 1. The maximum atomic E-state index is 11.1. The van der Waals surface area contributed by atoms with Crippen molar-refractivity contribution in [1.29, 1.82) is 0 Å². The Balaban J connectivity index is 2.54. The van der Waals surface area contributed by atoms with Gasteiger partial charge < -0.3 is 19.0 Å². The summed E-state index contributed by atoms with van der Waals surface area (Å²) >= 11 is 0. The number of rotatable bonds is 4. The summed E-state index contributed by atoms with van der Waals surface area (Å²) in [5.41, 5.74) is 0.639. The van der Waals surface area contributed by atoms with E-state index in [9.17, 15) is 9.90 Å². The van der Waals surface area contributed by atoms with Gasteiger partial charge in [-0.15, -0.1) is 0 Å². The molecule has 2 rings (SSSR count). The molecule has 18 heavy (non-hydrogen) atoms. The van der Waals surface area contributed by atoms with E-state index in [0.717, 1.165) is 0 Å². The number of fused-ring (bicyclic) bond motifs is 1. The Kier molecular flexibility index (Phi) is 3.64. The van der Waals surface area contributed by atoms with Crippen molar-refractivity contribution >= 4 is 11.0 Å². The van der Waals surface area contributed by atoms with E-state index < -0.39 is 11.9 Å². The standard InChI is InChI=1S/C13H14O5/c1-16-13(17-2)7-9-8-3-6-12(15)18-11(8)5-4-10(9)14/h3-6,13-14H,7H2,1-2H3. The van der Waals surface area contributed by atoms with Crippen molar-refractivity contribution in [2.75, 3.05) is 14.2 Å². The highest BCUT2D eigenvalue weighted by atomic mass is 16.7. The van der Waals surface area contributed by atoms with Gasteiger partial charge in [0, 0.05) is 37.7 Å². The number of methoxy groups -OCH3 is 2. The first-order valence-corrected chi connectivity index (χ1v) is 5.46. The molecule has 0 bridgehead atoms. The molecule has 0 saturated carbocycles. The van der Waals surface area contributed by atoms with Crippen LogP contribution in [0.25, 0.3) is 11.0 Å². The summed E-state index contributed by atoms with van der Waals surface area (Å²) in [7, 11) is 3.05. The average molecular weight is 250 g/mol. The van der Waals surface area contributed by atoms with Crippen molar-refractivity contribution in [3.63, 3.8) is 0 Å². The van der Waals surface area contributed by atoms with Crippen LogP contribution in [-0.4, -0.2) is 25.6 Å². The van der Waals surface area contributed by atoms with Crippen LogP contribution in [0.3, 0.4) is 0 Å². The van der Waals surface area contributed by atoms with Crippen LogP contribution in [0.4, 0.5) is 0 Å². The highest BCUT2D eigenvalue weighted by molar-refractivity contribution is 5.82. The van der Waals surface area contributed by atoms with Gasteiger partial charge in [-0.2, -0.15) is 0 Å². The molecule has 0 fully saturated rings. The Morgan fingerprint density at radius 2 is 1.94 bits per heavy atom. The molecule has 0 spiro atoms. The van der Waals surface area contributed by atoms with Gasteiger partial charge in [-0.25, -0.2) is 4.79 Å². The molecule has 1 aromatic carbocycles. The number of aromatic hydroxyl groups is 1. The Morgan fingerprint density at radius 1 is 1.22 bits per heavy atom. The molecule has 0 saturated heterocycles. The number of benzene rings is 1. The van der Waals surface area contributed by atoms with Crippen LogP contribution in [0.15, 0.2) is 33.5 Å². The molecule has 0 aliphatic rings. The minimum atomic E-state index is -0.464. The monoisotopic (exact) mass is 250 g/mol. The summed E-state index contributed by atoms with van der Waals surface area (Å²) in [5, 5.41) is 10.6. The molecule has 1 N–H and O–H groups in total. The predicted molar refractivity (Wildman–Crippen MR) is 65.7 cm³/mol. The quantitative estimate of drug-likeness (QED) is 0.660. The number of ether oxygens (including phenoxy) is 2. The van der Waals surface area contributed by atoms with Gasteiger partial charge in [-0.05, 0) is 18.2 Å². The summed E-state index contributed by atoms with van der Waals surface area (Å²) in [6, 6.07) is 5.99. The number of hydrogen-bond donors (Lipinski definition) is 1. The zero-order valence-electron chi connectivity index (χ0n) is 10.2. The third kappa shape index (κ3) is 2.37. The van der Waals surface area contributed by atoms with E-state index in [4.69, 9.17) is 13.9 Å². The molecule has 0 unspecified atom stereocenters. The van der Waals surface area contributed by atoms with Crippen LogP contribution in [0.5, 0.6) is 5.75 Å². The van der Waals surface area contributed by atoms with Crippen LogP contribution in [0.2, 0.25) is 0 Å². The maximum Gasteiger partial charge on any atom is 0.336 e. The van der Waals surface area contributed by atoms with Gasteiger partial charge in [0.25, 0.3) is 0 Å². The van der Waals surface area contributed by atoms with Gasteiger partial charge in [-0.1, -0.05) is 0 Å². The second kappa shape index (κ2) is 5.20. The summed E-state index contributed by atoms with van der Waals surface area (Å²) in [6.07, 6.45) is -0.0994. The summed E-state index contributed by atoms with van der Waals surface area (Å²) in [4.78, 5) is 11.1. The van der Waals surface area contributed by atoms with Gasteiger partial charge in [0.1, 0.15) is 11.3 Å². The summed E-state index contributed by atoms with van der Waals surface area (Å²) in [6.45, 7) is 0. The van der Waals surface area contributed by atoms with E-state index in [1.165, 1.54) is 26.4 Å². The lowest BCUT2D eigenvalue weighted by molar-refractivity contribution is -0.100. The van der Waals surface area contributed by atoms with E-state index in [1.54, 1.807) is 12.1 Å². The second-order valence-corrected chi connectivity index (χ2v) is 3.83. The molecule has 0 atom stereocenters. The molecule has 96 valence electrons. The van der Waals surface area contributed by atoms with Gasteiger partial charge >= 0.3 is 5.63 Å². The molecular formula is C13H14O5. The zero-order chi connectivity index (χ0) is 13.1. The molecule has 0 aliphatic heterocycles. The molecule has 1 aromatic heterocycles. The molecule has 0 radical (unpaired) electrons. The Bertz CT molecular complexity index is 598. The third-order valence-electron chi connectivity index (χ3n) is 2.79. The van der Waals surface area contributed by atoms with E-state index in [-0.39, 0.29) is 5.75 Å².